The van der Waals surface area contributed by atoms with Crippen molar-refractivity contribution in [3.63, 3.8) is 0 Å². The first-order valence-corrected chi connectivity index (χ1v) is 8.31. The lowest BCUT2D eigenvalue weighted by Crippen LogP contribution is -2.63. The highest BCUT2D eigenvalue weighted by molar-refractivity contribution is 6.04. The Kier molecular flexibility index (Phi) is 4.80. The van der Waals surface area contributed by atoms with E-state index in [4.69, 9.17) is 15.2 Å². The first kappa shape index (κ1) is 18.1. The fraction of sp³-hybridized carbons (Fsp3) is 0.300. The number of methoxy groups -OCH3 is 1. The first-order valence-electron chi connectivity index (χ1n) is 8.31. The number of hydrogen-bond acceptors (Lipinski definition) is 5. The first-order chi connectivity index (χ1) is 12.4. The largest absolute Gasteiger partial charge is 0.479 e. The van der Waals surface area contributed by atoms with Crippen LogP contribution in [-0.4, -0.2) is 42.4 Å². The molecule has 0 saturated carbocycles. The molecule has 1 aliphatic carbocycles. The predicted molar refractivity (Wildman–Crippen MR) is 95.7 cm³/mol. The second-order valence-electron chi connectivity index (χ2n) is 6.38. The van der Waals surface area contributed by atoms with Crippen molar-refractivity contribution >= 4 is 11.9 Å². The Labute approximate surface area is 151 Å². The number of carboxylic acids is 1. The molecule has 3 N–H and O–H groups in total. The highest BCUT2D eigenvalue weighted by Gasteiger charge is 2.50. The van der Waals surface area contributed by atoms with Gasteiger partial charge in [0, 0.05) is 13.0 Å². The van der Waals surface area contributed by atoms with E-state index in [-0.39, 0.29) is 12.5 Å². The van der Waals surface area contributed by atoms with Crippen LogP contribution in [0.1, 0.15) is 24.0 Å². The molecule has 0 fully saturated rings. The van der Waals surface area contributed by atoms with Gasteiger partial charge in [0.1, 0.15) is 6.61 Å². The van der Waals surface area contributed by atoms with E-state index in [0.717, 1.165) is 22.3 Å². The fourth-order valence-electron chi connectivity index (χ4n) is 3.33. The summed E-state index contributed by atoms with van der Waals surface area (Å²) < 4.78 is 10.3. The molecule has 0 radical (unpaired) electrons. The van der Waals surface area contributed by atoms with Crippen molar-refractivity contribution in [3.8, 4) is 11.1 Å². The molecular weight excluding hydrogens is 334 g/mol. The fourth-order valence-corrected chi connectivity index (χ4v) is 3.33. The third-order valence-corrected chi connectivity index (χ3v) is 5.03. The van der Waals surface area contributed by atoms with Gasteiger partial charge in [-0.2, -0.15) is 0 Å². The van der Waals surface area contributed by atoms with Crippen LogP contribution in [0.4, 0.5) is 0 Å². The van der Waals surface area contributed by atoms with E-state index < -0.39 is 23.6 Å². The molecule has 2 aromatic rings. The average molecular weight is 355 g/mol. The minimum atomic E-state index is -2.26. The number of nitrogens with two attached hydrogens (primary N) is 1. The minimum absolute atomic E-state index is 0.00945. The van der Waals surface area contributed by atoms with Crippen molar-refractivity contribution in [3.05, 3.63) is 59.7 Å². The Balaban J connectivity index is 1.86. The number of esters is 1. The molecule has 3 rings (SSSR count). The molecule has 0 unspecified atom stereocenters. The van der Waals surface area contributed by atoms with E-state index in [2.05, 4.69) is 0 Å². The molecule has 1 aliphatic rings. The summed E-state index contributed by atoms with van der Waals surface area (Å²) in [7, 11) is 1.30. The summed E-state index contributed by atoms with van der Waals surface area (Å²) in [4.78, 5) is 24.0. The minimum Gasteiger partial charge on any atom is -0.479 e. The maximum Gasteiger partial charge on any atom is 0.340 e. The summed E-state index contributed by atoms with van der Waals surface area (Å²) in [6, 6.07) is 15.8. The summed E-state index contributed by atoms with van der Waals surface area (Å²) in [5.41, 5.74) is 7.82. The summed E-state index contributed by atoms with van der Waals surface area (Å²) in [6.45, 7) is 1.44. The van der Waals surface area contributed by atoms with Gasteiger partial charge in [-0.25, -0.2) is 9.59 Å². The number of carboxylic acid groups (broad SMARTS) is 1. The average Bonchev–Trinajstić information content (AvgIpc) is 2.98. The zero-order valence-electron chi connectivity index (χ0n) is 14.6. The molecule has 0 saturated heterocycles. The quantitative estimate of drug-likeness (QED) is 0.609. The van der Waals surface area contributed by atoms with Crippen LogP contribution in [0.2, 0.25) is 0 Å². The molecule has 0 bridgehead atoms. The second kappa shape index (κ2) is 6.90. The lowest BCUT2D eigenvalue weighted by molar-refractivity contribution is -0.167. The molecule has 136 valence electrons. The molecule has 2 atom stereocenters. The summed E-state index contributed by atoms with van der Waals surface area (Å²) >= 11 is 0. The molecule has 0 spiro atoms. The zero-order chi connectivity index (χ0) is 18.9. The number of ether oxygens (including phenoxy) is 2. The van der Waals surface area contributed by atoms with Gasteiger partial charge in [0.05, 0.1) is 6.10 Å². The lowest BCUT2D eigenvalue weighted by atomic mass is 9.94. The van der Waals surface area contributed by atoms with Crippen molar-refractivity contribution in [2.75, 3.05) is 13.7 Å². The lowest BCUT2D eigenvalue weighted by Gasteiger charge is -2.28. The number of fused-ring (bicyclic) bond motifs is 3. The van der Waals surface area contributed by atoms with Crippen molar-refractivity contribution in [2.45, 2.75) is 24.5 Å². The Hall–Kier alpha value is -2.70. The molecule has 0 aliphatic heterocycles. The Morgan fingerprint density at radius 3 is 2.08 bits per heavy atom. The number of carbonyl (C=O) groups is 2. The summed E-state index contributed by atoms with van der Waals surface area (Å²) in [6.07, 6.45) is -1.03. The summed E-state index contributed by atoms with van der Waals surface area (Å²) in [5, 5.41) is 9.41. The van der Waals surface area contributed by atoms with Crippen LogP contribution >= 0.6 is 0 Å². The third-order valence-electron chi connectivity index (χ3n) is 5.03. The van der Waals surface area contributed by atoms with E-state index in [1.165, 1.54) is 14.0 Å². The van der Waals surface area contributed by atoms with Gasteiger partial charge in [-0.1, -0.05) is 48.5 Å². The monoisotopic (exact) mass is 355 g/mol. The molecular formula is C20H21NO5. The maximum atomic E-state index is 12.5. The van der Waals surface area contributed by atoms with Crippen LogP contribution in [-0.2, 0) is 19.1 Å². The van der Waals surface area contributed by atoms with Gasteiger partial charge < -0.3 is 20.3 Å². The van der Waals surface area contributed by atoms with Crippen molar-refractivity contribution in [1.29, 1.82) is 0 Å². The zero-order valence-corrected chi connectivity index (χ0v) is 14.6. The molecule has 6 heteroatoms. The van der Waals surface area contributed by atoms with Gasteiger partial charge in [0.2, 0.25) is 5.54 Å². The number of rotatable bonds is 6. The molecule has 6 nitrogen and oxygen atoms in total. The van der Waals surface area contributed by atoms with Crippen molar-refractivity contribution in [2.24, 2.45) is 5.73 Å². The Bertz CT molecular complexity index is 804. The molecule has 0 amide bonds. The molecule has 2 aromatic carbocycles. The normalized spacial score (nSPS) is 16.3. The highest BCUT2D eigenvalue weighted by atomic mass is 16.5. The molecule has 26 heavy (non-hydrogen) atoms. The highest BCUT2D eigenvalue weighted by Crippen LogP contribution is 2.44. The van der Waals surface area contributed by atoms with Crippen LogP contribution < -0.4 is 5.73 Å². The Morgan fingerprint density at radius 1 is 1.12 bits per heavy atom. The second-order valence-corrected chi connectivity index (χ2v) is 6.38. The van der Waals surface area contributed by atoms with Crippen LogP contribution in [0, 0.1) is 0 Å². The maximum absolute atomic E-state index is 12.5. The van der Waals surface area contributed by atoms with E-state index in [9.17, 15) is 14.7 Å². The van der Waals surface area contributed by atoms with Gasteiger partial charge in [0.25, 0.3) is 0 Å². The van der Waals surface area contributed by atoms with Gasteiger partial charge in [0.15, 0.2) is 0 Å². The van der Waals surface area contributed by atoms with Crippen molar-refractivity contribution in [1.82, 2.24) is 0 Å². The number of aliphatic carboxylic acids is 1. The predicted octanol–water partition coefficient (Wildman–Crippen LogP) is 2.16. The van der Waals surface area contributed by atoms with Crippen LogP contribution in [0.3, 0.4) is 0 Å². The number of carbonyl (C=O) groups excluding carboxylic acids is 1. The van der Waals surface area contributed by atoms with Gasteiger partial charge in [-0.05, 0) is 29.2 Å². The van der Waals surface area contributed by atoms with E-state index in [1.54, 1.807) is 0 Å². The van der Waals surface area contributed by atoms with Gasteiger partial charge in [-0.3, -0.25) is 0 Å². The van der Waals surface area contributed by atoms with Crippen LogP contribution in [0.5, 0.6) is 0 Å². The SMILES string of the molecule is CO[C@@H](C)[C@](N)(C(=O)O)C(=O)OCC1c2ccccc2-c2ccccc21. The number of hydrogen-bond donors (Lipinski definition) is 2. The van der Waals surface area contributed by atoms with Crippen LogP contribution in [0.25, 0.3) is 11.1 Å². The smallest absolute Gasteiger partial charge is 0.340 e. The van der Waals surface area contributed by atoms with E-state index in [0.29, 0.717) is 0 Å². The molecule has 0 heterocycles. The van der Waals surface area contributed by atoms with Gasteiger partial charge >= 0.3 is 11.9 Å². The topological polar surface area (TPSA) is 98.9 Å². The third kappa shape index (κ3) is 2.77. The molecule has 0 aromatic heterocycles. The Morgan fingerprint density at radius 2 is 1.62 bits per heavy atom. The van der Waals surface area contributed by atoms with Crippen LogP contribution in [0.15, 0.2) is 48.5 Å². The van der Waals surface area contributed by atoms with Crippen molar-refractivity contribution < 1.29 is 24.2 Å². The summed E-state index contributed by atoms with van der Waals surface area (Å²) in [5.74, 6) is -2.66. The standard InChI is InChI=1S/C20H21NO5/c1-12(25-2)20(21,18(22)23)19(24)26-11-17-15-9-5-3-7-13(15)14-8-4-6-10-16(14)17/h3-10,12,17H,11,21H2,1-2H3,(H,22,23)/t12-,20-/m0/s1. The van der Waals surface area contributed by atoms with Gasteiger partial charge in [-0.15, -0.1) is 0 Å². The number of benzene rings is 2. The van der Waals surface area contributed by atoms with E-state index >= 15 is 0 Å². The van der Waals surface area contributed by atoms with E-state index in [1.807, 2.05) is 48.5 Å².